The Labute approximate surface area is 174 Å². The van der Waals surface area contributed by atoms with E-state index in [1.807, 2.05) is 19.1 Å². The number of halogens is 3. The zero-order valence-corrected chi connectivity index (χ0v) is 17.3. The highest BCUT2D eigenvalue weighted by molar-refractivity contribution is 6.32. The van der Waals surface area contributed by atoms with E-state index >= 15 is 0 Å². The maximum absolute atomic E-state index is 13.2. The van der Waals surface area contributed by atoms with Crippen molar-refractivity contribution in [1.82, 2.24) is 5.32 Å². The summed E-state index contributed by atoms with van der Waals surface area (Å²) >= 11 is 12.5. The number of rotatable bonds is 9. The Morgan fingerprint density at radius 3 is 2.75 bits per heavy atom. The van der Waals surface area contributed by atoms with Crippen LogP contribution in [0.25, 0.3) is 0 Å². The quantitative estimate of drug-likeness (QED) is 0.582. The van der Waals surface area contributed by atoms with Crippen molar-refractivity contribution in [2.45, 2.75) is 39.0 Å². The maximum Gasteiger partial charge on any atom is 0.180 e. The molecule has 7 heteroatoms. The molecule has 2 aromatic rings. The Bertz CT molecular complexity index is 797. The largest absolute Gasteiger partial charge is 0.490 e. The van der Waals surface area contributed by atoms with E-state index in [1.165, 1.54) is 12.1 Å². The van der Waals surface area contributed by atoms with Crippen LogP contribution in [0.15, 0.2) is 30.3 Å². The fourth-order valence-corrected chi connectivity index (χ4v) is 3.61. The average molecular weight is 428 g/mol. The van der Waals surface area contributed by atoms with Gasteiger partial charge in [-0.25, -0.2) is 4.39 Å². The summed E-state index contributed by atoms with van der Waals surface area (Å²) in [5.74, 6) is 0.635. The third kappa shape index (κ3) is 5.74. The summed E-state index contributed by atoms with van der Waals surface area (Å²) in [5.41, 5.74) is 1.67. The number of hydrogen-bond acceptors (Lipinski definition) is 4. The van der Waals surface area contributed by atoms with Crippen LogP contribution in [-0.4, -0.2) is 25.9 Å². The molecule has 1 aliphatic rings. The molecule has 1 atom stereocenters. The summed E-state index contributed by atoms with van der Waals surface area (Å²) in [4.78, 5) is 0. The van der Waals surface area contributed by atoms with Gasteiger partial charge in [-0.3, -0.25) is 0 Å². The van der Waals surface area contributed by atoms with Gasteiger partial charge in [0.25, 0.3) is 0 Å². The lowest BCUT2D eigenvalue weighted by Crippen LogP contribution is -2.25. The summed E-state index contributed by atoms with van der Waals surface area (Å²) in [6, 6.07) is 7.97. The molecule has 1 N–H and O–H groups in total. The van der Waals surface area contributed by atoms with Gasteiger partial charge < -0.3 is 19.5 Å². The molecule has 152 valence electrons. The maximum atomic E-state index is 13.2. The Kier molecular flexibility index (Phi) is 7.80. The third-order valence-corrected chi connectivity index (χ3v) is 5.11. The molecule has 0 saturated carbocycles. The van der Waals surface area contributed by atoms with E-state index in [0.29, 0.717) is 40.3 Å². The smallest absolute Gasteiger partial charge is 0.180 e. The second kappa shape index (κ2) is 10.3. The molecular weight excluding hydrogens is 404 g/mol. The van der Waals surface area contributed by atoms with Gasteiger partial charge in [0.2, 0.25) is 0 Å². The van der Waals surface area contributed by atoms with Gasteiger partial charge in [0, 0.05) is 25.3 Å². The molecule has 1 fully saturated rings. The van der Waals surface area contributed by atoms with E-state index in [2.05, 4.69) is 5.32 Å². The first-order valence-electron chi connectivity index (χ1n) is 9.41. The lowest BCUT2D eigenvalue weighted by Gasteiger charge is -2.16. The summed E-state index contributed by atoms with van der Waals surface area (Å²) in [7, 11) is 0. The van der Waals surface area contributed by atoms with E-state index in [4.69, 9.17) is 37.4 Å². The van der Waals surface area contributed by atoms with Gasteiger partial charge in [0.1, 0.15) is 12.4 Å². The van der Waals surface area contributed by atoms with Crippen LogP contribution in [0.1, 0.15) is 30.9 Å². The average Bonchev–Trinajstić information content (AvgIpc) is 3.16. The molecule has 1 saturated heterocycles. The fourth-order valence-electron chi connectivity index (χ4n) is 3.10. The second-order valence-corrected chi connectivity index (χ2v) is 7.44. The predicted octanol–water partition coefficient (Wildman–Crippen LogP) is 5.38. The molecule has 1 unspecified atom stereocenters. The zero-order chi connectivity index (χ0) is 19.9. The summed E-state index contributed by atoms with van der Waals surface area (Å²) in [6.45, 7) is 4.85. The molecule has 0 radical (unpaired) electrons. The minimum atomic E-state index is -0.387. The van der Waals surface area contributed by atoms with Crippen LogP contribution in [-0.2, 0) is 17.9 Å². The summed E-state index contributed by atoms with van der Waals surface area (Å²) in [5, 5.41) is 4.16. The highest BCUT2D eigenvalue weighted by atomic mass is 35.5. The molecule has 3 rings (SSSR count). The number of ether oxygens (including phenoxy) is 3. The molecule has 0 spiro atoms. The molecule has 28 heavy (non-hydrogen) atoms. The number of hydrogen-bond donors (Lipinski definition) is 1. The summed E-state index contributed by atoms with van der Waals surface area (Å²) in [6.07, 6.45) is 2.50. The Balaban J connectivity index is 1.67. The van der Waals surface area contributed by atoms with Crippen molar-refractivity contribution < 1.29 is 18.6 Å². The van der Waals surface area contributed by atoms with Crippen LogP contribution in [0.5, 0.6) is 11.5 Å². The minimum Gasteiger partial charge on any atom is -0.490 e. The SMILES string of the molecule is CCOc1cc(CNCC2CCCO2)cc(Cl)c1OCc1ccc(F)cc1Cl. The van der Waals surface area contributed by atoms with E-state index < -0.39 is 0 Å². The van der Waals surface area contributed by atoms with Gasteiger partial charge >= 0.3 is 0 Å². The van der Waals surface area contributed by atoms with Crippen LogP contribution < -0.4 is 14.8 Å². The van der Waals surface area contributed by atoms with Crippen LogP contribution in [0.3, 0.4) is 0 Å². The van der Waals surface area contributed by atoms with Gasteiger partial charge in [-0.05, 0) is 49.6 Å². The molecule has 4 nitrogen and oxygen atoms in total. The zero-order valence-electron chi connectivity index (χ0n) is 15.8. The molecule has 1 aliphatic heterocycles. The van der Waals surface area contributed by atoms with Gasteiger partial charge in [0.15, 0.2) is 11.5 Å². The third-order valence-electron chi connectivity index (χ3n) is 4.48. The lowest BCUT2D eigenvalue weighted by molar-refractivity contribution is 0.110. The normalized spacial score (nSPS) is 16.4. The van der Waals surface area contributed by atoms with Crippen molar-refractivity contribution in [3.63, 3.8) is 0 Å². The van der Waals surface area contributed by atoms with Crippen molar-refractivity contribution in [3.05, 3.63) is 57.3 Å². The fraction of sp³-hybridized carbons (Fsp3) is 0.429. The molecule has 0 aliphatic carbocycles. The van der Waals surface area contributed by atoms with E-state index in [-0.39, 0.29) is 18.5 Å². The second-order valence-electron chi connectivity index (χ2n) is 6.63. The van der Waals surface area contributed by atoms with Gasteiger partial charge in [-0.2, -0.15) is 0 Å². The van der Waals surface area contributed by atoms with Crippen molar-refractivity contribution in [2.75, 3.05) is 19.8 Å². The van der Waals surface area contributed by atoms with Crippen molar-refractivity contribution in [3.8, 4) is 11.5 Å². The van der Waals surface area contributed by atoms with E-state index in [9.17, 15) is 4.39 Å². The minimum absolute atomic E-state index is 0.162. The van der Waals surface area contributed by atoms with Gasteiger partial charge in [0.05, 0.1) is 22.8 Å². The standard InChI is InChI=1S/C21H24Cl2FNO3/c1-2-26-20-9-14(11-25-12-17-4-3-7-27-17)8-19(23)21(20)28-13-15-5-6-16(24)10-18(15)22/h5-6,8-10,17,25H,2-4,7,11-13H2,1H3. The first-order chi connectivity index (χ1) is 13.6. The van der Waals surface area contributed by atoms with Crippen LogP contribution in [0.4, 0.5) is 4.39 Å². The van der Waals surface area contributed by atoms with Gasteiger partial charge in [-0.15, -0.1) is 0 Å². The molecular formula is C21H24Cl2FNO3. The monoisotopic (exact) mass is 427 g/mol. The molecule has 1 heterocycles. The highest BCUT2D eigenvalue weighted by Gasteiger charge is 2.16. The molecule has 2 aromatic carbocycles. The number of nitrogens with one attached hydrogen (secondary N) is 1. The molecule has 0 amide bonds. The van der Waals surface area contributed by atoms with Gasteiger partial charge in [-0.1, -0.05) is 29.3 Å². The van der Waals surface area contributed by atoms with Crippen LogP contribution in [0.2, 0.25) is 10.0 Å². The van der Waals surface area contributed by atoms with E-state index in [0.717, 1.165) is 31.6 Å². The highest BCUT2D eigenvalue weighted by Crippen LogP contribution is 2.37. The lowest BCUT2D eigenvalue weighted by atomic mass is 10.2. The van der Waals surface area contributed by atoms with Crippen molar-refractivity contribution in [1.29, 1.82) is 0 Å². The molecule has 0 bridgehead atoms. The van der Waals surface area contributed by atoms with Crippen molar-refractivity contribution in [2.24, 2.45) is 0 Å². The summed E-state index contributed by atoms with van der Waals surface area (Å²) < 4.78 is 30.4. The Morgan fingerprint density at radius 2 is 2.04 bits per heavy atom. The topological polar surface area (TPSA) is 39.7 Å². The van der Waals surface area contributed by atoms with Crippen molar-refractivity contribution >= 4 is 23.2 Å². The first kappa shape index (κ1) is 21.2. The van der Waals surface area contributed by atoms with Crippen LogP contribution >= 0.6 is 23.2 Å². The number of benzene rings is 2. The van der Waals surface area contributed by atoms with E-state index in [1.54, 1.807) is 6.07 Å². The van der Waals surface area contributed by atoms with Crippen LogP contribution in [0, 0.1) is 5.82 Å². The first-order valence-corrected chi connectivity index (χ1v) is 10.2. The Hall–Kier alpha value is -1.53. The Morgan fingerprint density at radius 1 is 1.18 bits per heavy atom. The predicted molar refractivity (Wildman–Crippen MR) is 109 cm³/mol. The molecule has 0 aromatic heterocycles.